The Labute approximate surface area is 143 Å². The van der Waals surface area contributed by atoms with Gasteiger partial charge in [-0.25, -0.2) is 4.98 Å². The molecule has 1 aliphatic carbocycles. The smallest absolute Gasteiger partial charge is 0.254 e. The van der Waals surface area contributed by atoms with E-state index in [1.54, 1.807) is 25.4 Å². The molecule has 24 heavy (non-hydrogen) atoms. The number of pyridine rings is 1. The molecule has 1 aliphatic heterocycles. The van der Waals surface area contributed by atoms with E-state index in [0.29, 0.717) is 24.7 Å². The predicted octanol–water partition coefficient (Wildman–Crippen LogP) is 3.07. The van der Waals surface area contributed by atoms with Crippen LogP contribution in [0, 0.1) is 5.41 Å². The zero-order valence-electron chi connectivity index (χ0n) is 14.4. The van der Waals surface area contributed by atoms with Crippen LogP contribution in [0.5, 0.6) is 5.88 Å². The third-order valence-electron chi connectivity index (χ3n) is 5.03. The molecule has 3 rings (SSSR count). The molecule has 0 bridgehead atoms. The summed E-state index contributed by atoms with van der Waals surface area (Å²) < 4.78 is 10.5. The summed E-state index contributed by atoms with van der Waals surface area (Å²) in [5.41, 5.74) is 0.939. The van der Waals surface area contributed by atoms with Crippen molar-refractivity contribution in [1.82, 2.24) is 9.88 Å². The zero-order chi connectivity index (χ0) is 16.8. The van der Waals surface area contributed by atoms with Crippen LogP contribution in [0.2, 0.25) is 0 Å². The number of aromatic nitrogens is 1. The van der Waals surface area contributed by atoms with E-state index in [2.05, 4.69) is 17.1 Å². The van der Waals surface area contributed by atoms with Crippen molar-refractivity contribution >= 4 is 5.91 Å². The molecule has 1 amide bonds. The largest absolute Gasteiger partial charge is 0.475 e. The number of rotatable bonds is 5. The minimum Gasteiger partial charge on any atom is -0.475 e. The van der Waals surface area contributed by atoms with E-state index in [9.17, 15) is 4.79 Å². The van der Waals surface area contributed by atoms with Crippen molar-refractivity contribution in [2.75, 3.05) is 33.4 Å². The fraction of sp³-hybridized carbons (Fsp3) is 0.579. The van der Waals surface area contributed by atoms with E-state index in [1.165, 1.54) is 12.8 Å². The number of carbonyl (C=O) groups excluding carboxylic acids is 1. The second kappa shape index (κ2) is 7.79. The highest BCUT2D eigenvalue weighted by atomic mass is 16.5. The summed E-state index contributed by atoms with van der Waals surface area (Å²) >= 11 is 0. The first-order chi connectivity index (χ1) is 11.7. The Balaban J connectivity index is 1.67. The quantitative estimate of drug-likeness (QED) is 0.615. The topological polar surface area (TPSA) is 51.7 Å². The number of nitrogens with zero attached hydrogens (tertiary/aromatic N) is 2. The molecular formula is C19H26N2O3. The maximum absolute atomic E-state index is 12.9. The lowest BCUT2D eigenvalue weighted by atomic mass is 9.71. The Morgan fingerprint density at radius 1 is 1.33 bits per heavy atom. The van der Waals surface area contributed by atoms with Gasteiger partial charge in [0.1, 0.15) is 6.61 Å². The van der Waals surface area contributed by atoms with Crippen molar-refractivity contribution in [3.05, 3.63) is 36.0 Å². The summed E-state index contributed by atoms with van der Waals surface area (Å²) in [5, 5.41) is 0. The first kappa shape index (κ1) is 17.0. The second-order valence-electron chi connectivity index (χ2n) is 6.77. The SMILES string of the molecule is COCCOc1cc(C(=O)N2CCC[C@]3(CC=CCC3)C2)ccn1. The summed E-state index contributed by atoms with van der Waals surface area (Å²) in [6.45, 7) is 2.63. The number of carbonyl (C=O) groups is 1. The number of likely N-dealkylation sites (tertiary alicyclic amines) is 1. The van der Waals surface area contributed by atoms with Crippen molar-refractivity contribution in [3.63, 3.8) is 0 Å². The molecule has 2 aliphatic rings. The van der Waals surface area contributed by atoms with Crippen molar-refractivity contribution in [1.29, 1.82) is 0 Å². The highest BCUT2D eigenvalue weighted by Crippen LogP contribution is 2.41. The van der Waals surface area contributed by atoms with Crippen LogP contribution in [0.4, 0.5) is 0 Å². The van der Waals surface area contributed by atoms with Gasteiger partial charge in [0.25, 0.3) is 5.91 Å². The molecule has 2 heterocycles. The molecule has 1 aromatic rings. The Morgan fingerprint density at radius 3 is 3.04 bits per heavy atom. The average Bonchev–Trinajstić information content (AvgIpc) is 2.62. The molecule has 1 aromatic heterocycles. The van der Waals surface area contributed by atoms with Gasteiger partial charge in [0.15, 0.2) is 0 Å². The highest BCUT2D eigenvalue weighted by Gasteiger charge is 2.37. The lowest BCUT2D eigenvalue weighted by molar-refractivity contribution is 0.0484. The summed E-state index contributed by atoms with van der Waals surface area (Å²) in [4.78, 5) is 19.1. The van der Waals surface area contributed by atoms with Gasteiger partial charge < -0.3 is 14.4 Å². The van der Waals surface area contributed by atoms with Crippen molar-refractivity contribution in [2.24, 2.45) is 5.41 Å². The first-order valence-corrected chi connectivity index (χ1v) is 8.75. The van der Waals surface area contributed by atoms with Crippen LogP contribution in [-0.2, 0) is 4.74 Å². The maximum Gasteiger partial charge on any atom is 0.254 e. The monoisotopic (exact) mass is 330 g/mol. The standard InChI is InChI=1S/C19H26N2O3/c1-23-12-13-24-17-14-16(6-10-20-17)18(22)21-11-5-9-19(15-21)7-3-2-4-8-19/h2-3,6,10,14H,4-5,7-9,11-13,15H2,1H3/t19-/m1/s1. The molecule has 0 N–H and O–H groups in total. The summed E-state index contributed by atoms with van der Waals surface area (Å²) in [6, 6.07) is 3.51. The number of hydrogen-bond acceptors (Lipinski definition) is 4. The Hall–Kier alpha value is -1.88. The van der Waals surface area contributed by atoms with Gasteiger partial charge in [-0.2, -0.15) is 0 Å². The average molecular weight is 330 g/mol. The van der Waals surface area contributed by atoms with E-state index in [-0.39, 0.29) is 11.3 Å². The van der Waals surface area contributed by atoms with Crippen molar-refractivity contribution in [3.8, 4) is 5.88 Å². The van der Waals surface area contributed by atoms with E-state index in [1.807, 2.05) is 4.90 Å². The molecule has 0 saturated carbocycles. The third kappa shape index (κ3) is 3.96. The van der Waals surface area contributed by atoms with E-state index >= 15 is 0 Å². The number of amides is 1. The van der Waals surface area contributed by atoms with Gasteiger partial charge in [0.05, 0.1) is 6.61 Å². The number of hydrogen-bond donors (Lipinski definition) is 0. The van der Waals surface area contributed by atoms with Gasteiger partial charge >= 0.3 is 0 Å². The minimum absolute atomic E-state index is 0.0858. The fourth-order valence-electron chi connectivity index (χ4n) is 3.73. The van der Waals surface area contributed by atoms with Crippen LogP contribution < -0.4 is 4.74 Å². The van der Waals surface area contributed by atoms with Gasteiger partial charge in [0.2, 0.25) is 5.88 Å². The molecule has 1 saturated heterocycles. The van der Waals surface area contributed by atoms with Crippen LogP contribution in [0.25, 0.3) is 0 Å². The number of ether oxygens (including phenoxy) is 2. The van der Waals surface area contributed by atoms with E-state index in [4.69, 9.17) is 9.47 Å². The summed E-state index contributed by atoms with van der Waals surface area (Å²) in [5.74, 6) is 0.563. The first-order valence-electron chi connectivity index (χ1n) is 8.75. The van der Waals surface area contributed by atoms with Crippen LogP contribution in [0.15, 0.2) is 30.5 Å². The van der Waals surface area contributed by atoms with Crippen molar-refractivity contribution in [2.45, 2.75) is 32.1 Å². The van der Waals surface area contributed by atoms with Gasteiger partial charge in [-0.1, -0.05) is 12.2 Å². The molecule has 5 heteroatoms. The zero-order valence-corrected chi connectivity index (χ0v) is 14.4. The Kier molecular flexibility index (Phi) is 5.51. The molecule has 0 radical (unpaired) electrons. The minimum atomic E-state index is 0.0858. The van der Waals surface area contributed by atoms with Gasteiger partial charge in [0, 0.05) is 38.0 Å². The molecule has 130 valence electrons. The molecule has 0 aromatic carbocycles. The number of allylic oxidation sites excluding steroid dienone is 2. The van der Waals surface area contributed by atoms with Gasteiger partial charge in [-0.15, -0.1) is 0 Å². The second-order valence-corrected chi connectivity index (χ2v) is 6.77. The van der Waals surface area contributed by atoms with Crippen LogP contribution in [0.1, 0.15) is 42.5 Å². The van der Waals surface area contributed by atoms with E-state index in [0.717, 1.165) is 32.4 Å². The van der Waals surface area contributed by atoms with Gasteiger partial charge in [-0.3, -0.25) is 4.79 Å². The lowest BCUT2D eigenvalue weighted by Crippen LogP contribution is -2.46. The van der Waals surface area contributed by atoms with Crippen molar-refractivity contribution < 1.29 is 14.3 Å². The fourth-order valence-corrected chi connectivity index (χ4v) is 3.73. The van der Waals surface area contributed by atoms with Gasteiger partial charge in [-0.05, 0) is 43.6 Å². The van der Waals surface area contributed by atoms with Crippen LogP contribution in [-0.4, -0.2) is 49.2 Å². The molecule has 0 unspecified atom stereocenters. The highest BCUT2D eigenvalue weighted by molar-refractivity contribution is 5.94. The maximum atomic E-state index is 12.9. The predicted molar refractivity (Wildman–Crippen MR) is 92.2 cm³/mol. The molecule has 1 atom stereocenters. The van der Waals surface area contributed by atoms with Crippen LogP contribution >= 0.6 is 0 Å². The molecular weight excluding hydrogens is 304 g/mol. The lowest BCUT2D eigenvalue weighted by Gasteiger charge is -2.44. The molecule has 5 nitrogen and oxygen atoms in total. The number of piperidine rings is 1. The van der Waals surface area contributed by atoms with Crippen LogP contribution in [0.3, 0.4) is 0 Å². The third-order valence-corrected chi connectivity index (χ3v) is 5.03. The normalized spacial score (nSPS) is 23.5. The Bertz CT molecular complexity index is 602. The molecule has 1 fully saturated rings. The summed E-state index contributed by atoms with van der Waals surface area (Å²) in [6.07, 6.45) is 11.9. The summed E-state index contributed by atoms with van der Waals surface area (Å²) in [7, 11) is 1.63. The van der Waals surface area contributed by atoms with E-state index < -0.39 is 0 Å². The number of methoxy groups -OCH3 is 1. The Morgan fingerprint density at radius 2 is 2.25 bits per heavy atom. The molecule has 1 spiro atoms.